The van der Waals surface area contributed by atoms with Gasteiger partial charge in [-0.1, -0.05) is 23.2 Å². The maximum absolute atomic E-state index is 13.0. The minimum atomic E-state index is -0.492. The Hall–Kier alpha value is -1.59. The van der Waals surface area contributed by atoms with Crippen molar-refractivity contribution < 1.29 is 4.39 Å². The maximum Gasteiger partial charge on any atom is 0.135 e. The largest absolute Gasteiger partial charge is 0.373 e. The van der Waals surface area contributed by atoms with E-state index in [0.717, 1.165) is 0 Å². The van der Waals surface area contributed by atoms with Gasteiger partial charge < -0.3 is 10.6 Å². The molecule has 0 aliphatic rings. The normalized spacial score (nSPS) is 10.2. The van der Waals surface area contributed by atoms with E-state index in [9.17, 15) is 4.39 Å². The van der Waals surface area contributed by atoms with Crippen LogP contribution in [0.4, 0.5) is 21.7 Å². The second kappa shape index (κ2) is 5.37. The van der Waals surface area contributed by atoms with E-state index in [-0.39, 0.29) is 10.0 Å². The summed E-state index contributed by atoms with van der Waals surface area (Å²) in [5.41, 5.74) is 0.403. The molecule has 2 rings (SSSR count). The zero-order valence-electron chi connectivity index (χ0n) is 9.34. The molecule has 0 aliphatic heterocycles. The van der Waals surface area contributed by atoms with E-state index in [4.69, 9.17) is 23.2 Å². The summed E-state index contributed by atoms with van der Waals surface area (Å²) in [6.45, 7) is 0. The van der Waals surface area contributed by atoms with E-state index in [0.29, 0.717) is 17.3 Å². The SMILES string of the molecule is CNc1cc(Nc2c(Cl)cc(F)cc2Cl)ncn1. The van der Waals surface area contributed by atoms with Crippen molar-refractivity contribution in [2.45, 2.75) is 0 Å². The highest BCUT2D eigenvalue weighted by atomic mass is 35.5. The lowest BCUT2D eigenvalue weighted by atomic mass is 10.3. The molecule has 18 heavy (non-hydrogen) atoms. The molecule has 2 N–H and O–H groups in total. The van der Waals surface area contributed by atoms with Gasteiger partial charge in [0.1, 0.15) is 23.8 Å². The van der Waals surface area contributed by atoms with Crippen LogP contribution in [-0.4, -0.2) is 17.0 Å². The lowest BCUT2D eigenvalue weighted by Crippen LogP contribution is -1.99. The Kier molecular flexibility index (Phi) is 3.84. The molecular formula is C11H9Cl2FN4. The fourth-order valence-electron chi connectivity index (χ4n) is 1.35. The standard InChI is InChI=1S/C11H9Cl2FN4/c1-15-9-4-10(17-5-16-9)18-11-7(12)2-6(14)3-8(11)13/h2-5H,1H3,(H2,15,16,17,18). The van der Waals surface area contributed by atoms with Crippen molar-refractivity contribution in [2.75, 3.05) is 17.7 Å². The lowest BCUT2D eigenvalue weighted by molar-refractivity contribution is 0.628. The van der Waals surface area contributed by atoms with E-state index in [2.05, 4.69) is 20.6 Å². The van der Waals surface area contributed by atoms with Crippen LogP contribution in [0.3, 0.4) is 0 Å². The van der Waals surface area contributed by atoms with Gasteiger partial charge in [0, 0.05) is 13.1 Å². The minimum absolute atomic E-state index is 0.185. The Morgan fingerprint density at radius 2 is 1.67 bits per heavy atom. The Labute approximate surface area is 113 Å². The first kappa shape index (κ1) is 12.9. The molecular weight excluding hydrogens is 278 g/mol. The van der Waals surface area contributed by atoms with Gasteiger partial charge >= 0.3 is 0 Å². The molecule has 1 aromatic carbocycles. The van der Waals surface area contributed by atoms with Crippen LogP contribution in [-0.2, 0) is 0 Å². The zero-order valence-corrected chi connectivity index (χ0v) is 10.8. The van der Waals surface area contributed by atoms with Crippen LogP contribution in [0.2, 0.25) is 10.0 Å². The molecule has 4 nitrogen and oxygen atoms in total. The number of anilines is 3. The first-order valence-electron chi connectivity index (χ1n) is 5.01. The zero-order chi connectivity index (χ0) is 13.1. The number of benzene rings is 1. The van der Waals surface area contributed by atoms with E-state index in [1.807, 2.05) is 0 Å². The van der Waals surface area contributed by atoms with Gasteiger partial charge in [0.2, 0.25) is 0 Å². The van der Waals surface area contributed by atoms with Crippen LogP contribution in [0.15, 0.2) is 24.5 Å². The maximum atomic E-state index is 13.0. The van der Waals surface area contributed by atoms with E-state index < -0.39 is 5.82 Å². The monoisotopic (exact) mass is 286 g/mol. The average molecular weight is 287 g/mol. The summed E-state index contributed by atoms with van der Waals surface area (Å²) in [6, 6.07) is 4.03. The van der Waals surface area contributed by atoms with Crippen LogP contribution in [0, 0.1) is 5.82 Å². The van der Waals surface area contributed by atoms with Crippen molar-refractivity contribution >= 4 is 40.5 Å². The van der Waals surface area contributed by atoms with E-state index >= 15 is 0 Å². The van der Waals surface area contributed by atoms with Crippen molar-refractivity contribution in [1.29, 1.82) is 0 Å². The van der Waals surface area contributed by atoms with Crippen molar-refractivity contribution in [3.05, 3.63) is 40.4 Å². The molecule has 0 aliphatic carbocycles. The minimum Gasteiger partial charge on any atom is -0.373 e. The Morgan fingerprint density at radius 1 is 1.06 bits per heavy atom. The van der Waals surface area contributed by atoms with Gasteiger partial charge in [-0.15, -0.1) is 0 Å². The van der Waals surface area contributed by atoms with Gasteiger partial charge in [-0.2, -0.15) is 0 Å². The number of hydrogen-bond donors (Lipinski definition) is 2. The van der Waals surface area contributed by atoms with Crippen molar-refractivity contribution in [3.8, 4) is 0 Å². The summed E-state index contributed by atoms with van der Waals surface area (Å²) in [5, 5.41) is 6.16. The second-order valence-corrected chi connectivity index (χ2v) is 4.22. The molecule has 1 heterocycles. The molecule has 0 spiro atoms. The summed E-state index contributed by atoms with van der Waals surface area (Å²) in [7, 11) is 1.74. The number of rotatable bonds is 3. The van der Waals surface area contributed by atoms with Gasteiger partial charge in [-0.3, -0.25) is 0 Å². The van der Waals surface area contributed by atoms with E-state index in [1.165, 1.54) is 18.5 Å². The third-order valence-corrected chi connectivity index (χ3v) is 2.78. The lowest BCUT2D eigenvalue weighted by Gasteiger charge is -2.10. The smallest absolute Gasteiger partial charge is 0.135 e. The van der Waals surface area contributed by atoms with Crippen molar-refractivity contribution in [3.63, 3.8) is 0 Å². The Morgan fingerprint density at radius 3 is 2.28 bits per heavy atom. The highest BCUT2D eigenvalue weighted by Crippen LogP contribution is 2.33. The third-order valence-electron chi connectivity index (χ3n) is 2.18. The van der Waals surface area contributed by atoms with Gasteiger partial charge in [0.25, 0.3) is 0 Å². The first-order chi connectivity index (χ1) is 8.60. The summed E-state index contributed by atoms with van der Waals surface area (Å²) in [6.07, 6.45) is 1.39. The molecule has 0 saturated carbocycles. The molecule has 0 saturated heterocycles. The number of nitrogens with zero attached hydrogens (tertiary/aromatic N) is 2. The fourth-order valence-corrected chi connectivity index (χ4v) is 1.91. The quantitative estimate of drug-likeness (QED) is 0.903. The summed E-state index contributed by atoms with van der Waals surface area (Å²) in [4.78, 5) is 7.98. The Bertz CT molecular complexity index is 554. The van der Waals surface area contributed by atoms with Crippen LogP contribution >= 0.6 is 23.2 Å². The van der Waals surface area contributed by atoms with Crippen LogP contribution < -0.4 is 10.6 Å². The molecule has 0 bridgehead atoms. The number of nitrogens with one attached hydrogen (secondary N) is 2. The first-order valence-corrected chi connectivity index (χ1v) is 5.77. The molecule has 0 unspecified atom stereocenters. The number of halogens is 3. The predicted octanol–water partition coefficient (Wildman–Crippen LogP) is 3.71. The molecule has 0 radical (unpaired) electrons. The van der Waals surface area contributed by atoms with Gasteiger partial charge in [-0.05, 0) is 12.1 Å². The van der Waals surface area contributed by atoms with Crippen LogP contribution in [0.25, 0.3) is 0 Å². The molecule has 0 amide bonds. The van der Waals surface area contributed by atoms with Gasteiger partial charge in [-0.25, -0.2) is 14.4 Å². The van der Waals surface area contributed by atoms with Crippen LogP contribution in [0.1, 0.15) is 0 Å². The molecule has 0 atom stereocenters. The third kappa shape index (κ3) is 2.80. The molecule has 7 heteroatoms. The predicted molar refractivity (Wildman–Crippen MR) is 71.3 cm³/mol. The Balaban J connectivity index is 2.33. The second-order valence-electron chi connectivity index (χ2n) is 3.41. The van der Waals surface area contributed by atoms with Crippen LogP contribution in [0.5, 0.6) is 0 Å². The summed E-state index contributed by atoms with van der Waals surface area (Å²) < 4.78 is 13.0. The molecule has 1 aromatic heterocycles. The summed E-state index contributed by atoms with van der Waals surface area (Å²) in [5.74, 6) is 0.653. The topological polar surface area (TPSA) is 49.8 Å². The van der Waals surface area contributed by atoms with Gasteiger partial charge in [0.15, 0.2) is 0 Å². The fraction of sp³-hybridized carbons (Fsp3) is 0.0909. The van der Waals surface area contributed by atoms with E-state index in [1.54, 1.807) is 13.1 Å². The van der Waals surface area contributed by atoms with Crippen molar-refractivity contribution in [2.24, 2.45) is 0 Å². The summed E-state index contributed by atoms with van der Waals surface area (Å²) >= 11 is 11.8. The van der Waals surface area contributed by atoms with Gasteiger partial charge in [0.05, 0.1) is 15.7 Å². The number of hydrogen-bond acceptors (Lipinski definition) is 4. The molecule has 2 aromatic rings. The number of aromatic nitrogens is 2. The average Bonchev–Trinajstić information content (AvgIpc) is 2.34. The molecule has 94 valence electrons. The molecule has 0 fully saturated rings. The van der Waals surface area contributed by atoms with Crippen molar-refractivity contribution in [1.82, 2.24) is 9.97 Å². The highest BCUT2D eigenvalue weighted by Gasteiger charge is 2.09. The highest BCUT2D eigenvalue weighted by molar-refractivity contribution is 6.39.